The van der Waals surface area contributed by atoms with Crippen molar-refractivity contribution >= 4 is 10.0 Å². The van der Waals surface area contributed by atoms with Gasteiger partial charge in [0.1, 0.15) is 10.7 Å². The Kier molecular flexibility index (Phi) is 5.75. The monoisotopic (exact) mass is 409 g/mol. The Morgan fingerprint density at radius 2 is 1.96 bits per heavy atom. The number of halogens is 1. The molecule has 2 aliphatic rings. The fourth-order valence-corrected chi connectivity index (χ4v) is 5.45. The number of hydrogen-bond acceptors (Lipinski definition) is 6. The van der Waals surface area contributed by atoms with E-state index in [9.17, 15) is 12.8 Å². The SMILES string of the molecule is O=S(=O)(c1ccccc1F)N1CCC(CCc2noc(C3CCOCC3)n2)C1. The maximum absolute atomic E-state index is 13.9. The van der Waals surface area contributed by atoms with E-state index in [1.807, 2.05) is 0 Å². The van der Waals surface area contributed by atoms with E-state index in [2.05, 4.69) is 10.1 Å². The number of benzene rings is 1. The van der Waals surface area contributed by atoms with Crippen LogP contribution in [0.15, 0.2) is 33.7 Å². The van der Waals surface area contributed by atoms with Gasteiger partial charge in [0.15, 0.2) is 5.82 Å². The molecule has 0 N–H and O–H groups in total. The van der Waals surface area contributed by atoms with Crippen LogP contribution in [0.3, 0.4) is 0 Å². The van der Waals surface area contributed by atoms with E-state index in [0.29, 0.717) is 31.2 Å². The summed E-state index contributed by atoms with van der Waals surface area (Å²) in [6.07, 6.45) is 3.96. The van der Waals surface area contributed by atoms with Crippen LogP contribution in [0.5, 0.6) is 0 Å². The van der Waals surface area contributed by atoms with Crippen LogP contribution in [-0.2, 0) is 21.2 Å². The third kappa shape index (κ3) is 4.11. The Balaban J connectivity index is 1.33. The molecule has 3 heterocycles. The predicted octanol–water partition coefficient (Wildman–Crippen LogP) is 2.75. The largest absolute Gasteiger partial charge is 0.381 e. The molecule has 1 aromatic heterocycles. The molecule has 28 heavy (non-hydrogen) atoms. The highest BCUT2D eigenvalue weighted by atomic mass is 32.2. The molecule has 0 radical (unpaired) electrons. The number of sulfonamides is 1. The lowest BCUT2D eigenvalue weighted by atomic mass is 10.0. The summed E-state index contributed by atoms with van der Waals surface area (Å²) in [6, 6.07) is 5.51. The van der Waals surface area contributed by atoms with Crippen molar-refractivity contribution in [3.8, 4) is 0 Å². The quantitative estimate of drug-likeness (QED) is 0.729. The van der Waals surface area contributed by atoms with Gasteiger partial charge in [0, 0.05) is 38.6 Å². The second kappa shape index (κ2) is 8.26. The van der Waals surface area contributed by atoms with Crippen LogP contribution in [0.25, 0.3) is 0 Å². The second-order valence-electron chi connectivity index (χ2n) is 7.42. The smallest absolute Gasteiger partial charge is 0.245 e. The molecule has 7 nitrogen and oxygen atoms in total. The first-order valence-corrected chi connectivity index (χ1v) is 11.1. The summed E-state index contributed by atoms with van der Waals surface area (Å²) in [5, 5.41) is 4.07. The summed E-state index contributed by atoms with van der Waals surface area (Å²) in [4.78, 5) is 4.25. The summed E-state index contributed by atoms with van der Waals surface area (Å²) in [6.45, 7) is 2.23. The molecule has 152 valence electrons. The Morgan fingerprint density at radius 3 is 2.75 bits per heavy atom. The lowest BCUT2D eigenvalue weighted by molar-refractivity contribution is 0.0778. The van der Waals surface area contributed by atoms with Gasteiger partial charge in [-0.3, -0.25) is 0 Å². The first-order valence-electron chi connectivity index (χ1n) is 9.69. The maximum atomic E-state index is 13.9. The van der Waals surface area contributed by atoms with Crippen molar-refractivity contribution in [3.05, 3.63) is 41.8 Å². The Hall–Kier alpha value is -1.84. The highest BCUT2D eigenvalue weighted by Crippen LogP contribution is 2.29. The Bertz CT molecular complexity index is 911. The summed E-state index contributed by atoms with van der Waals surface area (Å²) in [5.41, 5.74) is 0. The summed E-state index contributed by atoms with van der Waals surface area (Å²) >= 11 is 0. The number of aryl methyl sites for hydroxylation is 1. The highest BCUT2D eigenvalue weighted by molar-refractivity contribution is 7.89. The van der Waals surface area contributed by atoms with Gasteiger partial charge in [-0.15, -0.1) is 0 Å². The van der Waals surface area contributed by atoms with Gasteiger partial charge in [-0.05, 0) is 43.7 Å². The molecule has 0 aliphatic carbocycles. The standard InChI is InChI=1S/C19H24FN3O4S/c20-16-3-1-2-4-17(16)28(24,25)23-10-7-14(13-23)5-6-18-21-19(27-22-18)15-8-11-26-12-9-15/h1-4,14-15H,5-13H2. The topological polar surface area (TPSA) is 85.5 Å². The molecular formula is C19H24FN3O4S. The molecule has 1 atom stereocenters. The van der Waals surface area contributed by atoms with E-state index in [0.717, 1.165) is 38.9 Å². The Morgan fingerprint density at radius 1 is 1.18 bits per heavy atom. The van der Waals surface area contributed by atoms with Crippen LogP contribution in [0.1, 0.15) is 43.3 Å². The van der Waals surface area contributed by atoms with Gasteiger partial charge in [0.05, 0.1) is 0 Å². The third-order valence-corrected chi connectivity index (χ3v) is 7.43. The molecule has 0 saturated carbocycles. The molecule has 9 heteroatoms. The van der Waals surface area contributed by atoms with Crippen LogP contribution in [-0.4, -0.2) is 49.2 Å². The summed E-state index contributed by atoms with van der Waals surface area (Å²) in [7, 11) is -3.80. The van der Waals surface area contributed by atoms with Gasteiger partial charge in [0.2, 0.25) is 15.9 Å². The van der Waals surface area contributed by atoms with E-state index in [-0.39, 0.29) is 16.7 Å². The van der Waals surface area contributed by atoms with Crippen molar-refractivity contribution in [1.29, 1.82) is 0 Å². The third-order valence-electron chi connectivity index (χ3n) is 5.53. The van der Waals surface area contributed by atoms with E-state index in [1.54, 1.807) is 0 Å². The lowest BCUT2D eigenvalue weighted by Gasteiger charge is -2.18. The zero-order valence-electron chi connectivity index (χ0n) is 15.6. The minimum atomic E-state index is -3.80. The lowest BCUT2D eigenvalue weighted by Crippen LogP contribution is -2.29. The number of ether oxygens (including phenoxy) is 1. The normalized spacial score (nSPS) is 22.0. The summed E-state index contributed by atoms with van der Waals surface area (Å²) < 4.78 is 51.4. The molecule has 2 fully saturated rings. The van der Waals surface area contributed by atoms with Crippen LogP contribution < -0.4 is 0 Å². The molecular weight excluding hydrogens is 385 g/mol. The van der Waals surface area contributed by atoms with Crippen molar-refractivity contribution in [2.24, 2.45) is 5.92 Å². The molecule has 2 aliphatic heterocycles. The molecule has 0 bridgehead atoms. The van der Waals surface area contributed by atoms with Gasteiger partial charge >= 0.3 is 0 Å². The number of nitrogens with zero attached hydrogens (tertiary/aromatic N) is 3. The molecule has 4 rings (SSSR count). The van der Waals surface area contributed by atoms with Gasteiger partial charge in [-0.1, -0.05) is 17.3 Å². The van der Waals surface area contributed by atoms with E-state index >= 15 is 0 Å². The fraction of sp³-hybridized carbons (Fsp3) is 0.579. The van der Waals surface area contributed by atoms with Gasteiger partial charge in [-0.2, -0.15) is 9.29 Å². The Labute approximate surface area is 163 Å². The molecule has 0 amide bonds. The van der Waals surface area contributed by atoms with Gasteiger partial charge < -0.3 is 9.26 Å². The van der Waals surface area contributed by atoms with Gasteiger partial charge in [-0.25, -0.2) is 12.8 Å². The zero-order valence-corrected chi connectivity index (χ0v) is 16.4. The minimum Gasteiger partial charge on any atom is -0.381 e. The fourth-order valence-electron chi connectivity index (χ4n) is 3.86. The van der Waals surface area contributed by atoms with Crippen LogP contribution in [0.4, 0.5) is 4.39 Å². The minimum absolute atomic E-state index is 0.201. The molecule has 0 spiro atoms. The number of hydrogen-bond donors (Lipinski definition) is 0. The van der Waals surface area contributed by atoms with Crippen molar-refractivity contribution in [2.45, 2.75) is 42.9 Å². The second-order valence-corrected chi connectivity index (χ2v) is 9.33. The van der Waals surface area contributed by atoms with Crippen molar-refractivity contribution in [2.75, 3.05) is 26.3 Å². The highest BCUT2D eigenvalue weighted by Gasteiger charge is 2.34. The van der Waals surface area contributed by atoms with E-state index in [4.69, 9.17) is 9.26 Å². The first kappa shape index (κ1) is 19.5. The van der Waals surface area contributed by atoms with E-state index < -0.39 is 15.8 Å². The van der Waals surface area contributed by atoms with Crippen LogP contribution in [0.2, 0.25) is 0 Å². The van der Waals surface area contributed by atoms with Crippen LogP contribution >= 0.6 is 0 Å². The van der Waals surface area contributed by atoms with Crippen molar-refractivity contribution in [1.82, 2.24) is 14.4 Å². The maximum Gasteiger partial charge on any atom is 0.245 e. The first-order chi connectivity index (χ1) is 13.5. The average molecular weight is 409 g/mol. The molecule has 1 aromatic carbocycles. The van der Waals surface area contributed by atoms with Gasteiger partial charge in [0.25, 0.3) is 0 Å². The summed E-state index contributed by atoms with van der Waals surface area (Å²) in [5.74, 6) is 1.10. The van der Waals surface area contributed by atoms with Crippen molar-refractivity contribution in [3.63, 3.8) is 0 Å². The molecule has 2 saturated heterocycles. The molecule has 2 aromatic rings. The van der Waals surface area contributed by atoms with Crippen LogP contribution in [0, 0.1) is 11.7 Å². The average Bonchev–Trinajstić information content (AvgIpc) is 3.37. The molecule has 1 unspecified atom stereocenters. The van der Waals surface area contributed by atoms with E-state index in [1.165, 1.54) is 28.6 Å². The van der Waals surface area contributed by atoms with Crippen molar-refractivity contribution < 1.29 is 22.1 Å². The predicted molar refractivity (Wildman–Crippen MR) is 98.7 cm³/mol. The zero-order chi connectivity index (χ0) is 19.6. The number of aromatic nitrogens is 2. The number of rotatable bonds is 6.